The summed E-state index contributed by atoms with van der Waals surface area (Å²) < 4.78 is 77.8. The second-order valence-electron chi connectivity index (χ2n) is 29.4. The van der Waals surface area contributed by atoms with Crippen LogP contribution in [-0.4, -0.2) is 345 Å². The molecule has 11 fully saturated rings. The van der Waals surface area contributed by atoms with Gasteiger partial charge in [-0.2, -0.15) is 0 Å². The van der Waals surface area contributed by atoms with E-state index in [0.717, 1.165) is 38.5 Å². The van der Waals surface area contributed by atoms with Crippen molar-refractivity contribution in [1.29, 1.82) is 0 Å². The third kappa shape index (κ3) is 14.1. The molecule has 0 bridgehead atoms. The minimum absolute atomic E-state index is 0.0667. The van der Waals surface area contributed by atoms with Gasteiger partial charge in [0.25, 0.3) is 0 Å². The normalized spacial score (nSPS) is 55.3. The molecule has 7 aliphatic heterocycles. The van der Waals surface area contributed by atoms with Crippen LogP contribution in [-0.2, 0) is 61.6 Å². The van der Waals surface area contributed by atoms with E-state index in [1.807, 2.05) is 6.92 Å². The summed E-state index contributed by atoms with van der Waals surface area (Å²) in [7, 11) is 0. The van der Waals surface area contributed by atoms with Gasteiger partial charge in [-0.05, 0) is 104 Å². The smallest absolute Gasteiger partial charge is 0.187 e. The molecule has 0 aromatic rings. The first kappa shape index (κ1) is 74.9. The molecular formula is C62H104O33. The first-order valence-corrected chi connectivity index (χ1v) is 33.8. The molecule has 7 saturated heterocycles. The van der Waals surface area contributed by atoms with Crippen molar-refractivity contribution in [2.45, 2.75) is 288 Å². The molecule has 4 aliphatic carbocycles. The van der Waals surface area contributed by atoms with Crippen molar-refractivity contribution in [2.24, 2.45) is 52.3 Å². The highest BCUT2D eigenvalue weighted by molar-refractivity contribution is 5.15. The van der Waals surface area contributed by atoms with Gasteiger partial charge in [0.15, 0.2) is 43.5 Å². The molecule has 20 N–H and O–H groups in total. The van der Waals surface area contributed by atoms with E-state index >= 15 is 0 Å². The minimum Gasteiger partial charge on any atom is -0.394 e. The lowest BCUT2D eigenvalue weighted by Gasteiger charge is -2.61. The zero-order valence-corrected chi connectivity index (χ0v) is 53.7. The van der Waals surface area contributed by atoms with E-state index in [2.05, 4.69) is 20.8 Å². The maximum absolute atomic E-state index is 12.2. The predicted octanol–water partition coefficient (Wildman–Crippen LogP) is -7.67. The molecule has 33 heteroatoms. The lowest BCUT2D eigenvalue weighted by atomic mass is 9.44. The molecule has 550 valence electrons. The third-order valence-corrected chi connectivity index (χ3v) is 23.9. The molecule has 41 atom stereocenters. The molecule has 0 amide bonds. The number of aliphatic hydroxyl groups excluding tert-OH is 19. The van der Waals surface area contributed by atoms with Crippen LogP contribution < -0.4 is 0 Å². The SMILES string of the molecule is C[C@H](CC[C@]1(O)O[C@H]2C[C@H]3[C@@H]4CC[C@H]5C[C@@H](O[C@@H]6O[C@H](CO)[C@H](O[C@@H]7O[C@H](CO)[C@@H](O)[C@H](O[C@@H]8OC[C@@H](O)[C@H](O)[C@H]8O)[C@H]7O[C@@H]7O[C@H](CO)[C@@H](O[C@@H]8O[C@H](CO)[C@@H](O)[C@H](O)[C@H]8O)[C@H](O)[C@H]7O)[C@H](O)[C@H]6O)CC[C@]5(C)[C@H]4CC[C@]3(C)[C@H]2[C@@H]1C)CO[C@@H]1O[C@H](CO)[C@@H](O)[C@H](O)[C@H]1O. The van der Waals surface area contributed by atoms with Crippen molar-refractivity contribution in [3.8, 4) is 0 Å². The number of aliphatic hydroxyl groups is 20. The van der Waals surface area contributed by atoms with E-state index < -0.39 is 230 Å². The van der Waals surface area contributed by atoms with Gasteiger partial charge in [0.05, 0.1) is 58.5 Å². The molecule has 4 saturated carbocycles. The summed E-state index contributed by atoms with van der Waals surface area (Å²) >= 11 is 0. The Morgan fingerprint density at radius 2 is 0.937 bits per heavy atom. The van der Waals surface area contributed by atoms with Crippen LogP contribution in [0.4, 0.5) is 0 Å². The summed E-state index contributed by atoms with van der Waals surface area (Å²) in [6.07, 6.45) is -44.5. The molecule has 11 rings (SSSR count). The molecule has 7 heterocycles. The summed E-state index contributed by atoms with van der Waals surface area (Å²) in [5, 5.41) is 216. The van der Waals surface area contributed by atoms with E-state index in [9.17, 15) is 102 Å². The van der Waals surface area contributed by atoms with Gasteiger partial charge >= 0.3 is 0 Å². The van der Waals surface area contributed by atoms with Gasteiger partial charge in [0, 0.05) is 12.3 Å². The summed E-state index contributed by atoms with van der Waals surface area (Å²) in [5.41, 5.74) is -0.151. The van der Waals surface area contributed by atoms with Crippen LogP contribution in [0.2, 0.25) is 0 Å². The molecule has 0 aromatic carbocycles. The van der Waals surface area contributed by atoms with Crippen LogP contribution in [0, 0.1) is 52.3 Å². The second-order valence-corrected chi connectivity index (χ2v) is 29.4. The lowest BCUT2D eigenvalue weighted by molar-refractivity contribution is -0.409. The van der Waals surface area contributed by atoms with Crippen molar-refractivity contribution in [3.63, 3.8) is 0 Å². The zero-order valence-electron chi connectivity index (χ0n) is 53.7. The van der Waals surface area contributed by atoms with Crippen molar-refractivity contribution in [2.75, 3.05) is 46.2 Å². The molecular weight excluding hydrogens is 1270 g/mol. The van der Waals surface area contributed by atoms with Crippen molar-refractivity contribution in [1.82, 2.24) is 0 Å². The molecule has 0 radical (unpaired) electrons. The summed E-state index contributed by atoms with van der Waals surface area (Å²) in [4.78, 5) is 0. The monoisotopic (exact) mass is 1380 g/mol. The van der Waals surface area contributed by atoms with E-state index in [4.69, 9.17) is 61.6 Å². The Labute approximate surface area is 548 Å². The number of ether oxygens (including phenoxy) is 13. The van der Waals surface area contributed by atoms with Gasteiger partial charge < -0.3 is 164 Å². The fourth-order valence-electron chi connectivity index (χ4n) is 18.3. The number of hydrogen-bond donors (Lipinski definition) is 20. The highest BCUT2D eigenvalue weighted by atomic mass is 16.8. The average molecular weight is 1380 g/mol. The van der Waals surface area contributed by atoms with E-state index in [0.29, 0.717) is 43.4 Å². The molecule has 0 spiro atoms. The molecule has 0 unspecified atom stereocenters. The fourth-order valence-corrected chi connectivity index (χ4v) is 18.3. The zero-order chi connectivity index (χ0) is 68.7. The maximum atomic E-state index is 12.2. The number of rotatable bonds is 21. The van der Waals surface area contributed by atoms with Crippen LogP contribution in [0.1, 0.15) is 91.9 Å². The average Bonchev–Trinajstić information content (AvgIpc) is 1.56. The van der Waals surface area contributed by atoms with Crippen molar-refractivity contribution >= 4 is 0 Å². The van der Waals surface area contributed by atoms with Gasteiger partial charge in [0.2, 0.25) is 0 Å². The Kier molecular flexibility index (Phi) is 23.8. The highest BCUT2D eigenvalue weighted by Crippen LogP contribution is 2.71. The van der Waals surface area contributed by atoms with Gasteiger partial charge in [-0.25, -0.2) is 0 Å². The van der Waals surface area contributed by atoms with Crippen LogP contribution in [0.5, 0.6) is 0 Å². The van der Waals surface area contributed by atoms with Crippen LogP contribution in [0.3, 0.4) is 0 Å². The van der Waals surface area contributed by atoms with Gasteiger partial charge in [0.1, 0.15) is 140 Å². The quantitative estimate of drug-likeness (QED) is 0.0475. The fraction of sp³-hybridized carbons (Fsp3) is 1.00. The Morgan fingerprint density at radius 1 is 0.453 bits per heavy atom. The first-order chi connectivity index (χ1) is 45.1. The highest BCUT2D eigenvalue weighted by Gasteiger charge is 2.69. The third-order valence-electron chi connectivity index (χ3n) is 23.9. The van der Waals surface area contributed by atoms with Crippen LogP contribution in [0.15, 0.2) is 0 Å². The molecule has 11 aliphatic rings. The van der Waals surface area contributed by atoms with E-state index in [1.165, 1.54) is 0 Å². The van der Waals surface area contributed by atoms with Gasteiger partial charge in [-0.3, -0.25) is 0 Å². The molecule has 33 nitrogen and oxygen atoms in total. The Hall–Kier alpha value is -1.32. The Bertz CT molecular complexity index is 2460. The lowest BCUT2D eigenvalue weighted by Crippen LogP contribution is -2.69. The first-order valence-electron chi connectivity index (χ1n) is 33.8. The maximum Gasteiger partial charge on any atom is 0.187 e. The van der Waals surface area contributed by atoms with E-state index in [1.54, 1.807) is 0 Å². The summed E-state index contributed by atoms with van der Waals surface area (Å²) in [6, 6.07) is 0. The van der Waals surface area contributed by atoms with Crippen molar-refractivity contribution < 1.29 is 164 Å². The molecule has 0 aromatic heterocycles. The van der Waals surface area contributed by atoms with Gasteiger partial charge in [-0.1, -0.05) is 27.7 Å². The molecule has 95 heavy (non-hydrogen) atoms. The topological polar surface area (TPSA) is 525 Å². The minimum atomic E-state index is -2.21. The van der Waals surface area contributed by atoms with Crippen molar-refractivity contribution in [3.05, 3.63) is 0 Å². The van der Waals surface area contributed by atoms with Crippen LogP contribution >= 0.6 is 0 Å². The summed E-state index contributed by atoms with van der Waals surface area (Å²) in [6.45, 7) is 4.05. The number of hydrogen-bond acceptors (Lipinski definition) is 33. The predicted molar refractivity (Wildman–Crippen MR) is 311 cm³/mol. The largest absolute Gasteiger partial charge is 0.394 e. The second kappa shape index (κ2) is 30.2. The Balaban J connectivity index is 0.726. The summed E-state index contributed by atoms with van der Waals surface area (Å²) in [5.74, 6) is -0.127. The van der Waals surface area contributed by atoms with E-state index in [-0.39, 0.29) is 47.2 Å². The van der Waals surface area contributed by atoms with Gasteiger partial charge in [-0.15, -0.1) is 0 Å². The Morgan fingerprint density at radius 3 is 1.54 bits per heavy atom. The standard InChI is InChI=1S/C62H104O33/c1-22(20-83-54-46(78)41(73)38(70)31(15-63)86-54)7-12-62(82)23(2)36-30(95-62)14-28-26-6-5-24-13-25(8-10-60(24,3)27(26)9-11-61(28,36)4)85-56-48(80)43(75)51(35(19-67)89-56)92-59-53(52(40(72)33(17-65)88-59)93-55-45(77)37(69)29(68)21-84-55)94-58-49(81)44(76)50(34(18-66)90-58)91-57-47(79)42(74)39(71)32(16-64)87-57/h22-59,63-82H,5-21H2,1-4H3/t22-,23+,24+,25+,26-,27+,28+,29-,30+,31-,32-,33-,34-,35-,36+,37+,38-,39-,40-,41+,42+,43-,44-,45-,46-,47-,48-,49-,50-,51+,52+,53-,54-,55+,56-,57+,58+,59+,60+,61+,62+/m1/s1. The van der Waals surface area contributed by atoms with Crippen LogP contribution in [0.25, 0.3) is 0 Å². The number of fused-ring (bicyclic) bond motifs is 7.